The number of carboxylic acid groups (broad SMARTS) is 1. The van der Waals surface area contributed by atoms with E-state index in [0.717, 1.165) is 0 Å². The molecule has 0 radical (unpaired) electrons. The number of hydrogen-bond donors (Lipinski definition) is 5. The maximum Gasteiger partial charge on any atom is 0.404 e. The van der Waals surface area contributed by atoms with Gasteiger partial charge in [-0.3, -0.25) is 10.0 Å². The minimum atomic E-state index is -4.14. The number of carbonyl (C=O) groups excluding carboxylic acids is 1. The lowest BCUT2D eigenvalue weighted by Crippen LogP contribution is -2.39. The van der Waals surface area contributed by atoms with Gasteiger partial charge in [0.05, 0.1) is 11.4 Å². The molecule has 0 bridgehead atoms. The Morgan fingerprint density at radius 2 is 1.64 bits per heavy atom. The fraction of sp³-hybridized carbons (Fsp3) is 0.238. The lowest BCUT2D eigenvalue weighted by atomic mass is 10.1. The van der Waals surface area contributed by atoms with Crippen LogP contribution in [-0.2, 0) is 14.8 Å². The Kier molecular flexibility index (Phi) is 9.49. The van der Waals surface area contributed by atoms with Crippen molar-refractivity contribution in [2.45, 2.75) is 17.9 Å². The van der Waals surface area contributed by atoms with Gasteiger partial charge in [-0.1, -0.05) is 18.1 Å². The Morgan fingerprint density at radius 1 is 1.03 bits per heavy atom. The highest BCUT2D eigenvalue weighted by Gasteiger charge is 2.27. The molecular formula is C21H23N3O8S. The first-order chi connectivity index (χ1) is 15.8. The maximum atomic E-state index is 12.8. The first kappa shape index (κ1) is 25.5. The first-order valence-electron chi connectivity index (χ1n) is 9.55. The Balaban J connectivity index is 2.12. The molecule has 2 rings (SSSR count). The van der Waals surface area contributed by atoms with Crippen LogP contribution in [0.15, 0.2) is 53.4 Å². The van der Waals surface area contributed by atoms with Crippen LogP contribution in [0.2, 0.25) is 0 Å². The number of carbonyl (C=O) groups is 2. The molecule has 33 heavy (non-hydrogen) atoms. The molecule has 0 saturated carbocycles. The smallest absolute Gasteiger partial charge is 0.404 e. The SMILES string of the molecule is CC#CCOc1ccc(S(=O)(=O)N[C@@H](C(=O)NO)c2ccc(OCCNC(=O)O)cc2)cc1. The minimum absolute atomic E-state index is 0.0717. The molecule has 0 aromatic heterocycles. The van der Waals surface area contributed by atoms with Gasteiger partial charge in [-0.2, -0.15) is 4.72 Å². The van der Waals surface area contributed by atoms with E-state index in [4.69, 9.17) is 19.8 Å². The highest BCUT2D eigenvalue weighted by Crippen LogP contribution is 2.22. The molecule has 0 aliphatic heterocycles. The maximum absolute atomic E-state index is 12.8. The van der Waals surface area contributed by atoms with E-state index in [9.17, 15) is 18.0 Å². The Bertz CT molecular complexity index is 1110. The Hall–Kier alpha value is -3.79. The molecule has 12 heteroatoms. The van der Waals surface area contributed by atoms with Crippen LogP contribution in [0.25, 0.3) is 0 Å². The van der Waals surface area contributed by atoms with Gasteiger partial charge in [0.25, 0.3) is 5.91 Å². The molecule has 0 saturated heterocycles. The fourth-order valence-corrected chi connectivity index (χ4v) is 3.73. The van der Waals surface area contributed by atoms with E-state index in [1.54, 1.807) is 6.92 Å². The van der Waals surface area contributed by atoms with Crippen molar-refractivity contribution < 1.29 is 37.8 Å². The number of hydrogen-bond acceptors (Lipinski definition) is 7. The van der Waals surface area contributed by atoms with Crippen molar-refractivity contribution in [1.82, 2.24) is 15.5 Å². The van der Waals surface area contributed by atoms with Gasteiger partial charge >= 0.3 is 6.09 Å². The number of hydroxylamine groups is 1. The molecule has 0 heterocycles. The predicted octanol–water partition coefficient (Wildman–Crippen LogP) is 1.26. The summed E-state index contributed by atoms with van der Waals surface area (Å²) in [6.07, 6.45) is -1.17. The molecule has 0 unspecified atom stereocenters. The van der Waals surface area contributed by atoms with Gasteiger partial charge in [0.1, 0.15) is 30.8 Å². The van der Waals surface area contributed by atoms with Crippen LogP contribution >= 0.6 is 0 Å². The van der Waals surface area contributed by atoms with Gasteiger partial charge in [0.2, 0.25) is 10.0 Å². The lowest BCUT2D eigenvalue weighted by Gasteiger charge is -2.18. The molecule has 2 aromatic carbocycles. The largest absolute Gasteiger partial charge is 0.492 e. The van der Waals surface area contributed by atoms with Crippen molar-refractivity contribution in [3.63, 3.8) is 0 Å². The third-order valence-corrected chi connectivity index (χ3v) is 5.57. The van der Waals surface area contributed by atoms with Gasteiger partial charge < -0.3 is 19.9 Å². The zero-order chi connectivity index (χ0) is 24.3. The zero-order valence-electron chi connectivity index (χ0n) is 17.6. The number of ether oxygens (including phenoxy) is 2. The number of benzene rings is 2. The van der Waals surface area contributed by atoms with Crippen LogP contribution in [0.1, 0.15) is 18.5 Å². The van der Waals surface area contributed by atoms with E-state index in [-0.39, 0.29) is 30.2 Å². The lowest BCUT2D eigenvalue weighted by molar-refractivity contribution is -0.131. The number of rotatable bonds is 11. The number of amides is 2. The highest BCUT2D eigenvalue weighted by molar-refractivity contribution is 7.89. The van der Waals surface area contributed by atoms with Gasteiger partial charge in [0.15, 0.2) is 0 Å². The van der Waals surface area contributed by atoms with Gasteiger partial charge in [-0.15, -0.1) is 5.92 Å². The molecule has 1 atom stereocenters. The van der Waals surface area contributed by atoms with Crippen molar-refractivity contribution in [2.24, 2.45) is 0 Å². The highest BCUT2D eigenvalue weighted by atomic mass is 32.2. The first-order valence-corrected chi connectivity index (χ1v) is 11.0. The monoisotopic (exact) mass is 477 g/mol. The Morgan fingerprint density at radius 3 is 2.21 bits per heavy atom. The molecule has 0 aliphatic carbocycles. The molecule has 2 aromatic rings. The summed E-state index contributed by atoms with van der Waals surface area (Å²) in [6, 6.07) is 9.94. The molecule has 5 N–H and O–H groups in total. The molecular weight excluding hydrogens is 454 g/mol. The van der Waals surface area contributed by atoms with Crippen molar-refractivity contribution in [1.29, 1.82) is 0 Å². The summed E-state index contributed by atoms with van der Waals surface area (Å²) < 4.78 is 38.5. The quantitative estimate of drug-likeness (QED) is 0.140. The predicted molar refractivity (Wildman–Crippen MR) is 116 cm³/mol. The normalized spacial score (nSPS) is 11.5. The van der Waals surface area contributed by atoms with E-state index in [0.29, 0.717) is 11.5 Å². The number of nitrogens with one attached hydrogen (secondary N) is 3. The summed E-state index contributed by atoms with van der Waals surface area (Å²) >= 11 is 0. The average molecular weight is 477 g/mol. The zero-order valence-corrected chi connectivity index (χ0v) is 18.4. The molecule has 176 valence electrons. The summed E-state index contributed by atoms with van der Waals surface area (Å²) in [5, 5.41) is 19.7. The van der Waals surface area contributed by atoms with E-state index in [1.165, 1.54) is 54.0 Å². The molecule has 2 amide bonds. The van der Waals surface area contributed by atoms with E-state index < -0.39 is 28.1 Å². The summed E-state index contributed by atoms with van der Waals surface area (Å²) in [7, 11) is -4.14. The molecule has 0 spiro atoms. The van der Waals surface area contributed by atoms with Crippen LogP contribution in [-0.4, -0.2) is 50.5 Å². The number of sulfonamides is 1. The van der Waals surface area contributed by atoms with Crippen LogP contribution in [0.4, 0.5) is 4.79 Å². The summed E-state index contributed by atoms with van der Waals surface area (Å²) in [6.45, 7) is 1.98. The van der Waals surface area contributed by atoms with E-state index >= 15 is 0 Å². The van der Waals surface area contributed by atoms with Crippen molar-refractivity contribution in [2.75, 3.05) is 19.8 Å². The fourth-order valence-electron chi connectivity index (χ4n) is 2.55. The van der Waals surface area contributed by atoms with E-state index in [1.807, 2.05) is 0 Å². The van der Waals surface area contributed by atoms with Crippen LogP contribution in [0, 0.1) is 11.8 Å². The molecule has 0 aliphatic rings. The Labute approximate surface area is 190 Å². The average Bonchev–Trinajstić information content (AvgIpc) is 2.81. The summed E-state index contributed by atoms with van der Waals surface area (Å²) in [5.41, 5.74) is 1.68. The second-order valence-corrected chi connectivity index (χ2v) is 8.08. The van der Waals surface area contributed by atoms with Crippen molar-refractivity contribution >= 4 is 22.0 Å². The minimum Gasteiger partial charge on any atom is -0.492 e. The summed E-state index contributed by atoms with van der Waals surface area (Å²) in [5.74, 6) is 5.21. The second kappa shape index (κ2) is 12.3. The van der Waals surface area contributed by atoms with E-state index in [2.05, 4.69) is 21.9 Å². The molecule has 0 fully saturated rings. The standard InChI is InChI=1S/C21H23N3O8S/c1-2-3-13-31-17-8-10-18(11-9-17)33(29,30)24-19(20(25)23-28)15-4-6-16(7-5-15)32-14-12-22-21(26)27/h4-11,19,22,24,28H,12-14H2,1H3,(H,23,25)(H,26,27)/t19-/m1/s1. The van der Waals surface area contributed by atoms with Crippen LogP contribution in [0.5, 0.6) is 11.5 Å². The van der Waals surface area contributed by atoms with Crippen molar-refractivity contribution in [3.05, 3.63) is 54.1 Å². The third kappa shape index (κ3) is 8.00. The second-order valence-electron chi connectivity index (χ2n) is 6.37. The van der Waals surface area contributed by atoms with Gasteiger partial charge in [0, 0.05) is 0 Å². The van der Waals surface area contributed by atoms with Crippen molar-refractivity contribution in [3.8, 4) is 23.3 Å². The topological polar surface area (TPSA) is 163 Å². The van der Waals surface area contributed by atoms with Gasteiger partial charge in [-0.05, 0) is 48.9 Å². The van der Waals surface area contributed by atoms with Gasteiger partial charge in [-0.25, -0.2) is 18.7 Å². The third-order valence-electron chi connectivity index (χ3n) is 4.13. The van der Waals surface area contributed by atoms with Crippen LogP contribution < -0.4 is 25.0 Å². The summed E-state index contributed by atoms with van der Waals surface area (Å²) in [4.78, 5) is 22.5. The molecule has 11 nitrogen and oxygen atoms in total. The van der Waals surface area contributed by atoms with Crippen LogP contribution in [0.3, 0.4) is 0 Å².